The topological polar surface area (TPSA) is 46.2 Å². The number of carbonyl (C=O) groups is 2. The van der Waals surface area contributed by atoms with Crippen LogP contribution in [0.3, 0.4) is 0 Å². The van der Waals surface area contributed by atoms with Crippen LogP contribution in [0.2, 0.25) is 0 Å². The number of carbonyl (C=O) groups excluding carboxylic acids is 2. The number of hydrogen-bond donors (Lipinski definition) is 1. The third kappa shape index (κ3) is 2.03. The molecule has 1 fully saturated rings. The molecular formula is C8H13NO2. The standard InChI is InChI=1S/C8H13NO2/c1-2-7(10)6-3-4-8(11)9-5-6/h6H,2-5H2,1H3,(H,9,11). The van der Waals surface area contributed by atoms with Crippen LogP contribution < -0.4 is 5.32 Å². The van der Waals surface area contributed by atoms with Gasteiger partial charge >= 0.3 is 0 Å². The second-order valence-electron chi connectivity index (χ2n) is 2.86. The van der Waals surface area contributed by atoms with Crippen molar-refractivity contribution < 1.29 is 9.59 Å². The van der Waals surface area contributed by atoms with Gasteiger partial charge in [-0.25, -0.2) is 0 Å². The van der Waals surface area contributed by atoms with E-state index in [2.05, 4.69) is 5.32 Å². The predicted molar refractivity (Wildman–Crippen MR) is 41.0 cm³/mol. The molecule has 62 valence electrons. The van der Waals surface area contributed by atoms with E-state index in [1.165, 1.54) is 0 Å². The lowest BCUT2D eigenvalue weighted by Gasteiger charge is -2.20. The molecule has 1 N–H and O–H groups in total. The highest BCUT2D eigenvalue weighted by molar-refractivity contribution is 5.84. The summed E-state index contributed by atoms with van der Waals surface area (Å²) in [6.07, 6.45) is 1.83. The van der Waals surface area contributed by atoms with Gasteiger partial charge in [-0.15, -0.1) is 0 Å². The van der Waals surface area contributed by atoms with Crippen molar-refractivity contribution in [2.24, 2.45) is 5.92 Å². The van der Waals surface area contributed by atoms with E-state index in [4.69, 9.17) is 0 Å². The number of rotatable bonds is 2. The summed E-state index contributed by atoms with van der Waals surface area (Å²) in [5.41, 5.74) is 0. The van der Waals surface area contributed by atoms with Crippen molar-refractivity contribution in [2.45, 2.75) is 26.2 Å². The second kappa shape index (κ2) is 3.51. The smallest absolute Gasteiger partial charge is 0.220 e. The van der Waals surface area contributed by atoms with E-state index >= 15 is 0 Å². The number of nitrogens with one attached hydrogen (secondary N) is 1. The maximum absolute atomic E-state index is 11.1. The molecule has 0 aliphatic carbocycles. The zero-order valence-corrected chi connectivity index (χ0v) is 6.72. The maximum atomic E-state index is 11.1. The van der Waals surface area contributed by atoms with Gasteiger partial charge in [0.15, 0.2) is 0 Å². The summed E-state index contributed by atoms with van der Waals surface area (Å²) in [5.74, 6) is 0.424. The van der Waals surface area contributed by atoms with Crippen molar-refractivity contribution in [1.29, 1.82) is 0 Å². The van der Waals surface area contributed by atoms with E-state index in [9.17, 15) is 9.59 Å². The van der Waals surface area contributed by atoms with Crippen molar-refractivity contribution in [1.82, 2.24) is 5.32 Å². The number of piperidine rings is 1. The first-order valence-corrected chi connectivity index (χ1v) is 4.03. The highest BCUT2D eigenvalue weighted by atomic mass is 16.2. The van der Waals surface area contributed by atoms with Gasteiger partial charge in [-0.1, -0.05) is 6.92 Å². The Morgan fingerprint density at radius 3 is 2.91 bits per heavy atom. The lowest BCUT2D eigenvalue weighted by atomic mass is 9.93. The van der Waals surface area contributed by atoms with Crippen LogP contribution in [0, 0.1) is 5.92 Å². The van der Waals surface area contributed by atoms with Crippen LogP contribution in [0.25, 0.3) is 0 Å². The fourth-order valence-corrected chi connectivity index (χ4v) is 1.30. The second-order valence-corrected chi connectivity index (χ2v) is 2.86. The van der Waals surface area contributed by atoms with E-state index in [0.717, 1.165) is 6.42 Å². The molecule has 0 radical (unpaired) electrons. The molecule has 1 aliphatic heterocycles. The molecule has 1 amide bonds. The van der Waals surface area contributed by atoms with Crippen LogP contribution in [0.4, 0.5) is 0 Å². The van der Waals surface area contributed by atoms with Crippen molar-refractivity contribution in [3.8, 4) is 0 Å². The normalized spacial score (nSPS) is 24.5. The molecule has 1 heterocycles. The Bertz CT molecular complexity index is 167. The third-order valence-corrected chi connectivity index (χ3v) is 2.07. The van der Waals surface area contributed by atoms with Gasteiger partial charge in [0.1, 0.15) is 5.78 Å². The summed E-state index contributed by atoms with van der Waals surface area (Å²) in [7, 11) is 0. The molecule has 1 saturated heterocycles. The predicted octanol–water partition coefficient (Wildman–Crippen LogP) is 0.492. The molecule has 0 saturated carbocycles. The monoisotopic (exact) mass is 155 g/mol. The maximum Gasteiger partial charge on any atom is 0.220 e. The Morgan fingerprint density at radius 1 is 1.73 bits per heavy atom. The fourth-order valence-electron chi connectivity index (χ4n) is 1.30. The van der Waals surface area contributed by atoms with Gasteiger partial charge in [0, 0.05) is 25.3 Å². The Hall–Kier alpha value is -0.860. The molecule has 1 atom stereocenters. The molecule has 0 aromatic carbocycles. The molecule has 1 aliphatic rings. The summed E-state index contributed by atoms with van der Waals surface area (Å²) in [6, 6.07) is 0. The molecule has 1 rings (SSSR count). The summed E-state index contributed by atoms with van der Waals surface area (Å²) < 4.78 is 0. The molecule has 1 unspecified atom stereocenters. The highest BCUT2D eigenvalue weighted by Crippen LogP contribution is 2.12. The number of amides is 1. The third-order valence-electron chi connectivity index (χ3n) is 2.07. The summed E-state index contributed by atoms with van der Waals surface area (Å²) in [5, 5.41) is 2.69. The molecule has 3 heteroatoms. The summed E-state index contributed by atoms with van der Waals surface area (Å²) >= 11 is 0. The number of ketones is 1. The SMILES string of the molecule is CCC(=O)C1CCC(=O)NC1. The van der Waals surface area contributed by atoms with Gasteiger partial charge in [-0.3, -0.25) is 9.59 Å². The summed E-state index contributed by atoms with van der Waals surface area (Å²) in [6.45, 7) is 2.41. The Labute approximate surface area is 66.2 Å². The Balaban J connectivity index is 2.39. The Morgan fingerprint density at radius 2 is 2.45 bits per heavy atom. The first kappa shape index (κ1) is 8.24. The van der Waals surface area contributed by atoms with Crippen LogP contribution in [-0.4, -0.2) is 18.2 Å². The lowest BCUT2D eigenvalue weighted by Crippen LogP contribution is -2.38. The van der Waals surface area contributed by atoms with Gasteiger partial charge in [-0.2, -0.15) is 0 Å². The minimum atomic E-state index is 0.0742. The van der Waals surface area contributed by atoms with Crippen molar-refractivity contribution >= 4 is 11.7 Å². The molecular weight excluding hydrogens is 142 g/mol. The average Bonchev–Trinajstić information content (AvgIpc) is 2.05. The minimum absolute atomic E-state index is 0.0742. The van der Waals surface area contributed by atoms with Crippen molar-refractivity contribution in [2.75, 3.05) is 6.54 Å². The quantitative estimate of drug-likeness (QED) is 0.631. The van der Waals surface area contributed by atoms with Gasteiger partial charge < -0.3 is 5.32 Å². The van der Waals surface area contributed by atoms with Crippen LogP contribution in [0.15, 0.2) is 0 Å². The first-order valence-electron chi connectivity index (χ1n) is 4.03. The first-order chi connectivity index (χ1) is 5.24. The molecule has 3 nitrogen and oxygen atoms in total. The van der Waals surface area contributed by atoms with Crippen molar-refractivity contribution in [3.05, 3.63) is 0 Å². The molecule has 0 spiro atoms. The van der Waals surface area contributed by atoms with Gasteiger partial charge in [0.2, 0.25) is 5.91 Å². The van der Waals surface area contributed by atoms with E-state index in [1.807, 2.05) is 6.92 Å². The average molecular weight is 155 g/mol. The van der Waals surface area contributed by atoms with Crippen LogP contribution in [0.1, 0.15) is 26.2 Å². The van der Waals surface area contributed by atoms with Gasteiger partial charge in [0.25, 0.3) is 0 Å². The van der Waals surface area contributed by atoms with Gasteiger partial charge in [-0.05, 0) is 6.42 Å². The number of hydrogen-bond acceptors (Lipinski definition) is 2. The molecule has 0 bridgehead atoms. The molecule has 11 heavy (non-hydrogen) atoms. The molecule has 0 aromatic rings. The van der Waals surface area contributed by atoms with E-state index in [0.29, 0.717) is 19.4 Å². The minimum Gasteiger partial charge on any atom is -0.355 e. The fraction of sp³-hybridized carbons (Fsp3) is 0.750. The largest absolute Gasteiger partial charge is 0.355 e. The van der Waals surface area contributed by atoms with Crippen LogP contribution in [0.5, 0.6) is 0 Å². The van der Waals surface area contributed by atoms with E-state index < -0.39 is 0 Å². The zero-order chi connectivity index (χ0) is 8.27. The highest BCUT2D eigenvalue weighted by Gasteiger charge is 2.22. The van der Waals surface area contributed by atoms with E-state index in [1.54, 1.807) is 0 Å². The lowest BCUT2D eigenvalue weighted by molar-refractivity contribution is -0.127. The molecule has 0 aromatic heterocycles. The zero-order valence-electron chi connectivity index (χ0n) is 6.72. The van der Waals surface area contributed by atoms with Crippen LogP contribution >= 0.6 is 0 Å². The van der Waals surface area contributed by atoms with Gasteiger partial charge in [0.05, 0.1) is 0 Å². The van der Waals surface area contributed by atoms with Crippen LogP contribution in [-0.2, 0) is 9.59 Å². The number of Topliss-reactive ketones (excluding diaryl/α,β-unsaturated/α-hetero) is 1. The van der Waals surface area contributed by atoms with Crippen molar-refractivity contribution in [3.63, 3.8) is 0 Å². The Kier molecular flexibility index (Phi) is 2.63. The van der Waals surface area contributed by atoms with E-state index in [-0.39, 0.29) is 17.6 Å². The summed E-state index contributed by atoms with van der Waals surface area (Å²) in [4.78, 5) is 21.8.